The summed E-state index contributed by atoms with van der Waals surface area (Å²) < 4.78 is 0. The van der Waals surface area contributed by atoms with E-state index in [1.807, 2.05) is 0 Å². The Balaban J connectivity index is 1.20. The SMILES string of the molecule is C1=CC(C=Cc2ccc(N(c3ccccc3)c3ccccc3)cc2)=C2C=Cc3cccc4c3C2C1=CC4. The summed E-state index contributed by atoms with van der Waals surface area (Å²) in [7, 11) is 0. The molecule has 1 atom stereocenters. The third-order valence-electron chi connectivity index (χ3n) is 7.59. The Hall–Kier alpha value is -4.62. The predicted octanol–water partition coefficient (Wildman–Crippen LogP) is 9.33. The second-order valence-electron chi connectivity index (χ2n) is 9.77. The van der Waals surface area contributed by atoms with Gasteiger partial charge in [-0.1, -0.05) is 109 Å². The molecule has 0 spiro atoms. The van der Waals surface area contributed by atoms with Crippen LogP contribution in [0.4, 0.5) is 17.1 Å². The largest absolute Gasteiger partial charge is 0.311 e. The molecule has 4 aromatic rings. The summed E-state index contributed by atoms with van der Waals surface area (Å²) in [4.78, 5) is 2.29. The van der Waals surface area contributed by atoms with Crippen LogP contribution < -0.4 is 4.90 Å². The van der Waals surface area contributed by atoms with Crippen LogP contribution in [0.3, 0.4) is 0 Å². The van der Waals surface area contributed by atoms with Gasteiger partial charge >= 0.3 is 0 Å². The number of benzene rings is 4. The Morgan fingerprint density at radius 3 is 2.03 bits per heavy atom. The van der Waals surface area contributed by atoms with Gasteiger partial charge in [0.15, 0.2) is 0 Å². The van der Waals surface area contributed by atoms with Crippen molar-refractivity contribution < 1.29 is 0 Å². The van der Waals surface area contributed by atoms with Crippen molar-refractivity contribution in [3.8, 4) is 0 Å². The summed E-state index contributed by atoms with van der Waals surface area (Å²) in [5.41, 5.74) is 13.1. The number of hydrogen-bond acceptors (Lipinski definition) is 1. The topological polar surface area (TPSA) is 3.24 Å². The molecular formula is C36H27N. The van der Waals surface area contributed by atoms with Crippen LogP contribution in [-0.4, -0.2) is 0 Å². The monoisotopic (exact) mass is 473 g/mol. The summed E-state index contributed by atoms with van der Waals surface area (Å²) in [5.74, 6) is 0.363. The van der Waals surface area contributed by atoms with E-state index in [0.717, 1.165) is 23.5 Å². The molecule has 1 nitrogen and oxygen atoms in total. The highest BCUT2D eigenvalue weighted by Gasteiger charge is 2.31. The fraction of sp³-hybridized carbons (Fsp3) is 0.0556. The maximum absolute atomic E-state index is 2.40. The zero-order chi connectivity index (χ0) is 24.6. The van der Waals surface area contributed by atoms with Crippen LogP contribution in [0.15, 0.2) is 150 Å². The third-order valence-corrected chi connectivity index (χ3v) is 7.59. The highest BCUT2D eigenvalue weighted by Crippen LogP contribution is 2.47. The molecule has 3 aliphatic rings. The molecule has 0 aliphatic heterocycles. The van der Waals surface area contributed by atoms with Crippen LogP contribution in [0.5, 0.6) is 0 Å². The molecule has 0 heterocycles. The van der Waals surface area contributed by atoms with Crippen molar-refractivity contribution in [2.45, 2.75) is 12.3 Å². The fourth-order valence-electron chi connectivity index (χ4n) is 5.81. The van der Waals surface area contributed by atoms with E-state index < -0.39 is 0 Å². The summed E-state index contributed by atoms with van der Waals surface area (Å²) in [6.45, 7) is 0. The van der Waals surface area contributed by atoms with E-state index in [0.29, 0.717) is 5.92 Å². The van der Waals surface area contributed by atoms with Crippen LogP contribution in [-0.2, 0) is 6.42 Å². The van der Waals surface area contributed by atoms with Crippen LogP contribution >= 0.6 is 0 Å². The Kier molecular flexibility index (Phi) is 5.33. The second-order valence-corrected chi connectivity index (χ2v) is 9.77. The lowest BCUT2D eigenvalue weighted by Gasteiger charge is -2.34. The molecule has 0 bridgehead atoms. The minimum absolute atomic E-state index is 0.363. The number of nitrogens with zero attached hydrogens (tertiary/aromatic N) is 1. The van der Waals surface area contributed by atoms with Crippen LogP contribution in [0.25, 0.3) is 12.2 Å². The lowest BCUT2D eigenvalue weighted by molar-refractivity contribution is 0.885. The standard InChI is InChI=1S/C36H27N/c1-3-10-31(11-4-1)37(32-12-5-2-6-13-32)33-23-15-26(16-24-33)14-17-27-18-19-30-21-20-28-8-7-9-29-22-25-34(27)36(30)35(28)29/h1-19,21-25,36H,20H2. The second kappa shape index (κ2) is 9.11. The van der Waals surface area contributed by atoms with Gasteiger partial charge < -0.3 is 4.90 Å². The first-order valence-electron chi connectivity index (χ1n) is 13.0. The van der Waals surface area contributed by atoms with Crippen molar-refractivity contribution in [1.82, 2.24) is 0 Å². The average Bonchev–Trinajstić information content (AvgIpc) is 2.97. The molecule has 0 aromatic heterocycles. The van der Waals surface area contributed by atoms with Gasteiger partial charge in [0.1, 0.15) is 0 Å². The van der Waals surface area contributed by atoms with Crippen molar-refractivity contribution in [3.05, 3.63) is 172 Å². The van der Waals surface area contributed by atoms with E-state index in [-0.39, 0.29) is 0 Å². The molecule has 3 aliphatic carbocycles. The van der Waals surface area contributed by atoms with Gasteiger partial charge in [-0.2, -0.15) is 0 Å². The van der Waals surface area contributed by atoms with Crippen molar-refractivity contribution in [1.29, 1.82) is 0 Å². The summed E-state index contributed by atoms with van der Waals surface area (Å²) in [6.07, 6.45) is 17.1. The summed E-state index contributed by atoms with van der Waals surface area (Å²) in [5, 5.41) is 0. The Bertz CT molecular complexity index is 1570. The molecule has 1 unspecified atom stereocenters. The lowest BCUT2D eigenvalue weighted by Crippen LogP contribution is -2.18. The molecule has 4 aromatic carbocycles. The molecule has 0 amide bonds. The minimum Gasteiger partial charge on any atom is -0.311 e. The van der Waals surface area contributed by atoms with Crippen molar-refractivity contribution in [2.24, 2.45) is 0 Å². The molecule has 0 saturated heterocycles. The van der Waals surface area contributed by atoms with E-state index >= 15 is 0 Å². The summed E-state index contributed by atoms with van der Waals surface area (Å²) in [6, 6.07) is 36.6. The van der Waals surface area contributed by atoms with Gasteiger partial charge in [0.2, 0.25) is 0 Å². The van der Waals surface area contributed by atoms with E-state index in [2.05, 4.69) is 151 Å². The van der Waals surface area contributed by atoms with E-state index in [9.17, 15) is 0 Å². The fourth-order valence-corrected chi connectivity index (χ4v) is 5.81. The van der Waals surface area contributed by atoms with Gasteiger partial charge in [-0.15, -0.1) is 0 Å². The Morgan fingerprint density at radius 1 is 0.595 bits per heavy atom. The Labute approximate surface area is 218 Å². The highest BCUT2D eigenvalue weighted by atomic mass is 15.1. The van der Waals surface area contributed by atoms with Gasteiger partial charge in [0, 0.05) is 23.0 Å². The van der Waals surface area contributed by atoms with E-state index in [1.165, 1.54) is 39.0 Å². The van der Waals surface area contributed by atoms with E-state index in [4.69, 9.17) is 0 Å². The number of rotatable bonds is 5. The van der Waals surface area contributed by atoms with Crippen LogP contribution in [0.1, 0.15) is 28.2 Å². The van der Waals surface area contributed by atoms with Gasteiger partial charge in [-0.25, -0.2) is 0 Å². The van der Waals surface area contributed by atoms with Crippen LogP contribution in [0, 0.1) is 0 Å². The zero-order valence-corrected chi connectivity index (χ0v) is 20.6. The maximum atomic E-state index is 2.40. The molecule has 0 fully saturated rings. The van der Waals surface area contributed by atoms with E-state index in [1.54, 1.807) is 0 Å². The summed E-state index contributed by atoms with van der Waals surface area (Å²) >= 11 is 0. The molecule has 176 valence electrons. The molecule has 37 heavy (non-hydrogen) atoms. The van der Waals surface area contributed by atoms with Gasteiger partial charge in [0.05, 0.1) is 0 Å². The zero-order valence-electron chi connectivity index (χ0n) is 20.6. The molecular weight excluding hydrogens is 446 g/mol. The molecule has 0 saturated carbocycles. The van der Waals surface area contributed by atoms with Gasteiger partial charge in [0.25, 0.3) is 0 Å². The van der Waals surface area contributed by atoms with Crippen molar-refractivity contribution >= 4 is 29.2 Å². The number of hydrogen-bond donors (Lipinski definition) is 0. The molecule has 0 radical (unpaired) electrons. The smallest absolute Gasteiger partial charge is 0.0462 e. The van der Waals surface area contributed by atoms with Gasteiger partial charge in [-0.3, -0.25) is 0 Å². The Morgan fingerprint density at radius 2 is 1.30 bits per heavy atom. The number of anilines is 3. The first kappa shape index (κ1) is 21.6. The molecule has 7 rings (SSSR count). The highest BCUT2D eigenvalue weighted by molar-refractivity contribution is 5.78. The molecule has 1 heteroatoms. The lowest BCUT2D eigenvalue weighted by atomic mass is 9.69. The minimum atomic E-state index is 0.363. The maximum Gasteiger partial charge on any atom is 0.0462 e. The number of para-hydroxylation sites is 2. The van der Waals surface area contributed by atoms with Crippen LogP contribution in [0.2, 0.25) is 0 Å². The molecule has 0 N–H and O–H groups in total. The first-order chi connectivity index (χ1) is 18.3. The van der Waals surface area contributed by atoms with Crippen molar-refractivity contribution in [2.75, 3.05) is 4.90 Å². The predicted molar refractivity (Wildman–Crippen MR) is 156 cm³/mol. The van der Waals surface area contributed by atoms with Gasteiger partial charge in [-0.05, 0) is 81.8 Å². The normalized spacial score (nSPS) is 17.1. The first-order valence-corrected chi connectivity index (χ1v) is 13.0. The average molecular weight is 474 g/mol. The number of allylic oxidation sites excluding steroid dienone is 8. The van der Waals surface area contributed by atoms with Crippen molar-refractivity contribution in [3.63, 3.8) is 0 Å². The third kappa shape index (κ3) is 3.90. The quantitative estimate of drug-likeness (QED) is 0.279.